The molecule has 0 spiro atoms. The number of fused-ring (bicyclic) bond motifs is 1. The average Bonchev–Trinajstić information content (AvgIpc) is 3.14. The number of nitrogens with one attached hydrogen (secondary N) is 1. The van der Waals surface area contributed by atoms with Gasteiger partial charge in [-0.1, -0.05) is 6.92 Å². The Morgan fingerprint density at radius 1 is 1.43 bits per heavy atom. The minimum atomic E-state index is 0.0931. The quantitative estimate of drug-likeness (QED) is 0.893. The molecule has 0 unspecified atom stereocenters. The first kappa shape index (κ1) is 14.6. The fourth-order valence-corrected chi connectivity index (χ4v) is 3.57. The van der Waals surface area contributed by atoms with Gasteiger partial charge in [0.15, 0.2) is 0 Å². The first-order valence-corrected chi connectivity index (χ1v) is 7.85. The molecule has 21 heavy (non-hydrogen) atoms. The molecule has 0 aliphatic carbocycles. The van der Waals surface area contributed by atoms with Gasteiger partial charge in [-0.3, -0.25) is 4.79 Å². The molecule has 1 amide bonds. The van der Waals surface area contributed by atoms with Crippen LogP contribution >= 0.6 is 0 Å². The first-order chi connectivity index (χ1) is 10.3. The summed E-state index contributed by atoms with van der Waals surface area (Å²) in [5, 5.41) is 2.94. The van der Waals surface area contributed by atoms with Crippen LogP contribution in [0.5, 0.6) is 0 Å². The minimum Gasteiger partial charge on any atom is -0.467 e. The van der Waals surface area contributed by atoms with Gasteiger partial charge in [0.1, 0.15) is 5.76 Å². The van der Waals surface area contributed by atoms with Crippen LogP contribution in [0.3, 0.4) is 0 Å². The standard InChI is InChI=1S/C16H24N2O3/c1-2-18-8-13-11-20-10-12(15(13)9-18)6-16(19)17-7-14-4-3-5-21-14/h3-5,12-13,15H,2,6-11H2,1H3,(H,17,19)/t12-,13-,15+/m0/s1. The lowest BCUT2D eigenvalue weighted by atomic mass is 9.81. The summed E-state index contributed by atoms with van der Waals surface area (Å²) in [5.74, 6) is 2.43. The lowest BCUT2D eigenvalue weighted by Gasteiger charge is -2.32. The zero-order valence-electron chi connectivity index (χ0n) is 12.6. The third-order valence-corrected chi connectivity index (χ3v) is 4.77. The van der Waals surface area contributed by atoms with E-state index < -0.39 is 0 Å². The van der Waals surface area contributed by atoms with Crippen molar-refractivity contribution in [3.63, 3.8) is 0 Å². The smallest absolute Gasteiger partial charge is 0.220 e. The molecular formula is C16H24N2O3. The normalized spacial score (nSPS) is 29.3. The van der Waals surface area contributed by atoms with Crippen LogP contribution in [0.25, 0.3) is 0 Å². The SMILES string of the molecule is CCN1C[C@H]2COC[C@H](CC(=O)NCc3ccco3)[C@H]2C1. The Balaban J connectivity index is 1.50. The summed E-state index contributed by atoms with van der Waals surface area (Å²) < 4.78 is 10.9. The van der Waals surface area contributed by atoms with Gasteiger partial charge in [0.25, 0.3) is 0 Å². The zero-order chi connectivity index (χ0) is 14.7. The number of rotatable bonds is 5. The Hall–Kier alpha value is -1.33. The van der Waals surface area contributed by atoms with Gasteiger partial charge in [0.05, 0.1) is 26.0 Å². The third kappa shape index (κ3) is 3.47. The molecule has 5 nitrogen and oxygen atoms in total. The van der Waals surface area contributed by atoms with E-state index >= 15 is 0 Å². The molecule has 1 aromatic rings. The molecule has 1 aromatic heterocycles. The molecular weight excluding hydrogens is 268 g/mol. The molecule has 0 bridgehead atoms. The fraction of sp³-hybridized carbons (Fsp3) is 0.688. The van der Waals surface area contributed by atoms with Gasteiger partial charge in [-0.15, -0.1) is 0 Å². The maximum absolute atomic E-state index is 12.1. The van der Waals surface area contributed by atoms with E-state index in [1.54, 1.807) is 6.26 Å². The van der Waals surface area contributed by atoms with Gasteiger partial charge in [-0.25, -0.2) is 0 Å². The van der Waals surface area contributed by atoms with Crippen molar-refractivity contribution in [2.24, 2.45) is 17.8 Å². The zero-order valence-corrected chi connectivity index (χ0v) is 12.6. The van der Waals surface area contributed by atoms with Crippen LogP contribution in [0.2, 0.25) is 0 Å². The third-order valence-electron chi connectivity index (χ3n) is 4.77. The molecule has 2 fully saturated rings. The lowest BCUT2D eigenvalue weighted by Crippen LogP contribution is -2.38. The number of likely N-dealkylation sites (tertiary alicyclic amines) is 1. The van der Waals surface area contributed by atoms with E-state index in [0.717, 1.165) is 32.0 Å². The predicted molar refractivity (Wildman–Crippen MR) is 78.6 cm³/mol. The maximum atomic E-state index is 12.1. The van der Waals surface area contributed by atoms with Crippen LogP contribution in [0.15, 0.2) is 22.8 Å². The molecule has 116 valence electrons. The van der Waals surface area contributed by atoms with Crippen molar-refractivity contribution in [1.82, 2.24) is 10.2 Å². The van der Waals surface area contributed by atoms with E-state index in [-0.39, 0.29) is 5.91 Å². The van der Waals surface area contributed by atoms with Gasteiger partial charge in [0.2, 0.25) is 5.91 Å². The Kier molecular flexibility index (Phi) is 4.60. The Bertz CT molecular complexity index is 460. The van der Waals surface area contributed by atoms with E-state index in [9.17, 15) is 4.79 Å². The number of carbonyl (C=O) groups excluding carboxylic acids is 1. The maximum Gasteiger partial charge on any atom is 0.220 e. The molecule has 2 saturated heterocycles. The molecule has 2 aliphatic heterocycles. The summed E-state index contributed by atoms with van der Waals surface area (Å²) in [6.07, 6.45) is 2.18. The predicted octanol–water partition coefficient (Wildman–Crippen LogP) is 1.50. The van der Waals surface area contributed by atoms with E-state index in [1.165, 1.54) is 0 Å². The van der Waals surface area contributed by atoms with Crippen molar-refractivity contribution in [3.05, 3.63) is 24.2 Å². The van der Waals surface area contributed by atoms with E-state index in [4.69, 9.17) is 9.15 Å². The lowest BCUT2D eigenvalue weighted by molar-refractivity contribution is -0.124. The van der Waals surface area contributed by atoms with Crippen LogP contribution < -0.4 is 5.32 Å². The number of amides is 1. The molecule has 3 rings (SSSR count). The highest BCUT2D eigenvalue weighted by atomic mass is 16.5. The van der Waals surface area contributed by atoms with Crippen molar-refractivity contribution >= 4 is 5.91 Å². The van der Waals surface area contributed by atoms with E-state index in [0.29, 0.717) is 37.3 Å². The second kappa shape index (κ2) is 6.62. The number of hydrogen-bond acceptors (Lipinski definition) is 4. The van der Waals surface area contributed by atoms with Crippen LogP contribution in [-0.2, 0) is 16.1 Å². The van der Waals surface area contributed by atoms with Gasteiger partial charge >= 0.3 is 0 Å². The molecule has 1 N–H and O–H groups in total. The Morgan fingerprint density at radius 3 is 3.10 bits per heavy atom. The highest BCUT2D eigenvalue weighted by Crippen LogP contribution is 2.35. The topological polar surface area (TPSA) is 54.7 Å². The van der Waals surface area contributed by atoms with Gasteiger partial charge in [-0.2, -0.15) is 0 Å². The van der Waals surface area contributed by atoms with Crippen LogP contribution in [0.1, 0.15) is 19.1 Å². The van der Waals surface area contributed by atoms with Crippen LogP contribution in [0.4, 0.5) is 0 Å². The number of nitrogens with zero attached hydrogens (tertiary/aromatic N) is 1. The number of ether oxygens (including phenoxy) is 1. The van der Waals surface area contributed by atoms with Gasteiger partial charge < -0.3 is 19.4 Å². The van der Waals surface area contributed by atoms with Gasteiger partial charge in [-0.05, 0) is 36.4 Å². The second-order valence-corrected chi connectivity index (χ2v) is 6.13. The Morgan fingerprint density at radius 2 is 2.33 bits per heavy atom. The van der Waals surface area contributed by atoms with E-state index in [1.807, 2.05) is 12.1 Å². The highest BCUT2D eigenvalue weighted by molar-refractivity contribution is 5.76. The largest absolute Gasteiger partial charge is 0.467 e. The summed E-state index contributed by atoms with van der Waals surface area (Å²) in [6, 6.07) is 3.70. The van der Waals surface area contributed by atoms with Crippen molar-refractivity contribution in [2.45, 2.75) is 19.9 Å². The summed E-state index contributed by atoms with van der Waals surface area (Å²) in [6.45, 7) is 7.55. The molecule has 5 heteroatoms. The molecule has 3 atom stereocenters. The summed E-state index contributed by atoms with van der Waals surface area (Å²) >= 11 is 0. The second-order valence-electron chi connectivity index (χ2n) is 6.13. The van der Waals surface area contributed by atoms with E-state index in [2.05, 4.69) is 17.1 Å². The molecule has 0 aromatic carbocycles. The van der Waals surface area contributed by atoms with Gasteiger partial charge in [0, 0.05) is 19.5 Å². The van der Waals surface area contributed by atoms with Crippen molar-refractivity contribution < 1.29 is 13.9 Å². The molecule has 0 radical (unpaired) electrons. The van der Waals surface area contributed by atoms with Crippen molar-refractivity contribution in [3.8, 4) is 0 Å². The van der Waals surface area contributed by atoms with Crippen LogP contribution in [-0.4, -0.2) is 43.7 Å². The monoisotopic (exact) mass is 292 g/mol. The highest BCUT2D eigenvalue weighted by Gasteiger charge is 2.40. The summed E-state index contributed by atoms with van der Waals surface area (Å²) in [5.41, 5.74) is 0. The first-order valence-electron chi connectivity index (χ1n) is 7.85. The van der Waals surface area contributed by atoms with Crippen molar-refractivity contribution in [1.29, 1.82) is 0 Å². The number of furan rings is 1. The van der Waals surface area contributed by atoms with Crippen molar-refractivity contribution in [2.75, 3.05) is 32.8 Å². The minimum absolute atomic E-state index is 0.0931. The molecule has 0 saturated carbocycles. The average molecular weight is 292 g/mol. The number of carbonyl (C=O) groups is 1. The number of hydrogen-bond donors (Lipinski definition) is 1. The fourth-order valence-electron chi connectivity index (χ4n) is 3.57. The Labute approximate surface area is 125 Å². The summed E-state index contributed by atoms with van der Waals surface area (Å²) in [7, 11) is 0. The molecule has 2 aliphatic rings. The summed E-state index contributed by atoms with van der Waals surface area (Å²) in [4.78, 5) is 14.6. The van der Waals surface area contributed by atoms with Crippen LogP contribution in [0, 0.1) is 17.8 Å². The molecule has 3 heterocycles.